The normalized spacial score (nSPS) is 14.3. The van der Waals surface area contributed by atoms with Crippen molar-refractivity contribution in [1.29, 1.82) is 0 Å². The van der Waals surface area contributed by atoms with Crippen molar-refractivity contribution in [3.05, 3.63) is 29.3 Å². The first-order valence-electron chi connectivity index (χ1n) is 5.88. The molecular formula is C13H16N2O3. The minimum Gasteiger partial charge on any atom is -0.480 e. The Kier molecular flexibility index (Phi) is 3.23. The number of rotatable bonds is 5. The van der Waals surface area contributed by atoms with Gasteiger partial charge in [0.1, 0.15) is 6.54 Å². The van der Waals surface area contributed by atoms with Gasteiger partial charge < -0.3 is 15.7 Å². The fourth-order valence-electron chi connectivity index (χ4n) is 2.07. The van der Waals surface area contributed by atoms with Crippen LogP contribution >= 0.6 is 0 Å². The van der Waals surface area contributed by atoms with E-state index in [1.165, 1.54) is 0 Å². The van der Waals surface area contributed by atoms with Gasteiger partial charge in [0.2, 0.25) is 5.91 Å². The number of carbonyl (C=O) groups excluding carboxylic acids is 1. The van der Waals surface area contributed by atoms with Crippen LogP contribution in [0.4, 0.5) is 5.69 Å². The Labute approximate surface area is 105 Å². The molecule has 1 saturated carbocycles. The minimum atomic E-state index is -0.849. The second-order valence-corrected chi connectivity index (χ2v) is 4.62. The quantitative estimate of drug-likeness (QED) is 0.818. The van der Waals surface area contributed by atoms with E-state index in [0.717, 1.165) is 24.1 Å². The first kappa shape index (κ1) is 12.4. The van der Waals surface area contributed by atoms with E-state index in [4.69, 9.17) is 10.8 Å². The second-order valence-electron chi connectivity index (χ2n) is 4.62. The average molecular weight is 248 g/mol. The number of anilines is 1. The molecule has 0 aliphatic heterocycles. The summed E-state index contributed by atoms with van der Waals surface area (Å²) >= 11 is 0. The van der Waals surface area contributed by atoms with Crippen LogP contribution in [0.15, 0.2) is 18.2 Å². The van der Waals surface area contributed by atoms with Gasteiger partial charge in [-0.2, -0.15) is 0 Å². The molecule has 1 aromatic carbocycles. The SMILES string of the molecule is Cc1cc(N(CC(=O)O)C2CC2)ccc1C(N)=O. The molecule has 1 aromatic rings. The van der Waals surface area contributed by atoms with E-state index < -0.39 is 11.9 Å². The zero-order valence-corrected chi connectivity index (χ0v) is 10.2. The molecule has 96 valence electrons. The summed E-state index contributed by atoms with van der Waals surface area (Å²) in [6.07, 6.45) is 2.04. The number of carbonyl (C=O) groups is 2. The number of carboxylic acids is 1. The predicted molar refractivity (Wildman–Crippen MR) is 67.7 cm³/mol. The highest BCUT2D eigenvalue weighted by atomic mass is 16.4. The zero-order valence-electron chi connectivity index (χ0n) is 10.2. The highest BCUT2D eigenvalue weighted by molar-refractivity contribution is 5.94. The molecule has 0 saturated heterocycles. The molecule has 1 aliphatic rings. The lowest BCUT2D eigenvalue weighted by molar-refractivity contribution is -0.135. The number of carboxylic acid groups (broad SMARTS) is 1. The molecule has 5 nitrogen and oxygen atoms in total. The Balaban J connectivity index is 2.28. The molecule has 0 spiro atoms. The minimum absolute atomic E-state index is 0.0139. The van der Waals surface area contributed by atoms with E-state index in [9.17, 15) is 9.59 Å². The van der Waals surface area contributed by atoms with Crippen LogP contribution in [0.3, 0.4) is 0 Å². The predicted octanol–water partition coefficient (Wildman–Crippen LogP) is 1.15. The van der Waals surface area contributed by atoms with Crippen LogP contribution in [0, 0.1) is 6.92 Å². The molecule has 0 atom stereocenters. The molecule has 0 radical (unpaired) electrons. The van der Waals surface area contributed by atoms with Gasteiger partial charge in [0.15, 0.2) is 0 Å². The van der Waals surface area contributed by atoms with Crippen LogP contribution in [0.25, 0.3) is 0 Å². The number of hydrogen-bond donors (Lipinski definition) is 2. The molecule has 1 fully saturated rings. The molecule has 1 amide bonds. The molecule has 3 N–H and O–H groups in total. The number of benzene rings is 1. The molecule has 0 heterocycles. The average Bonchev–Trinajstić information content (AvgIpc) is 3.08. The number of aliphatic carboxylic acids is 1. The standard InChI is InChI=1S/C13H16N2O3/c1-8-6-10(4-5-11(8)13(14)18)15(7-12(16)17)9-2-3-9/h4-6,9H,2-3,7H2,1H3,(H2,14,18)(H,16,17). The third-order valence-corrected chi connectivity index (χ3v) is 3.10. The number of hydrogen-bond acceptors (Lipinski definition) is 3. The third kappa shape index (κ3) is 2.61. The fraction of sp³-hybridized carbons (Fsp3) is 0.385. The maximum atomic E-state index is 11.1. The monoisotopic (exact) mass is 248 g/mol. The number of primary amides is 1. The van der Waals surface area contributed by atoms with Crippen molar-refractivity contribution >= 4 is 17.6 Å². The Morgan fingerprint density at radius 1 is 1.44 bits per heavy atom. The topological polar surface area (TPSA) is 83.6 Å². The summed E-state index contributed by atoms with van der Waals surface area (Å²) in [5.74, 6) is -1.31. The first-order chi connectivity index (χ1) is 8.49. The molecule has 1 aliphatic carbocycles. The Hall–Kier alpha value is -2.04. The molecular weight excluding hydrogens is 232 g/mol. The molecule has 0 aromatic heterocycles. The maximum absolute atomic E-state index is 11.1. The number of amides is 1. The highest BCUT2D eigenvalue weighted by Crippen LogP contribution is 2.32. The summed E-state index contributed by atoms with van der Waals surface area (Å²) in [5, 5.41) is 8.92. The zero-order chi connectivity index (χ0) is 13.3. The lowest BCUT2D eigenvalue weighted by atomic mass is 10.1. The van der Waals surface area contributed by atoms with E-state index in [-0.39, 0.29) is 6.54 Å². The van der Waals surface area contributed by atoms with E-state index in [2.05, 4.69) is 0 Å². The number of nitrogens with two attached hydrogens (primary N) is 1. The van der Waals surface area contributed by atoms with Gasteiger partial charge in [0, 0.05) is 17.3 Å². The van der Waals surface area contributed by atoms with Gasteiger partial charge in [-0.1, -0.05) is 0 Å². The molecule has 18 heavy (non-hydrogen) atoms. The van der Waals surface area contributed by atoms with Crippen molar-refractivity contribution in [2.75, 3.05) is 11.4 Å². The highest BCUT2D eigenvalue weighted by Gasteiger charge is 2.30. The van der Waals surface area contributed by atoms with Gasteiger partial charge in [-0.05, 0) is 43.5 Å². The lowest BCUT2D eigenvalue weighted by Gasteiger charge is -2.23. The molecule has 0 bridgehead atoms. The van der Waals surface area contributed by atoms with E-state index in [1.54, 1.807) is 19.1 Å². The van der Waals surface area contributed by atoms with Crippen molar-refractivity contribution < 1.29 is 14.7 Å². The van der Waals surface area contributed by atoms with Crippen molar-refractivity contribution in [2.45, 2.75) is 25.8 Å². The van der Waals surface area contributed by atoms with Gasteiger partial charge in [-0.15, -0.1) is 0 Å². The fourth-order valence-corrected chi connectivity index (χ4v) is 2.07. The maximum Gasteiger partial charge on any atom is 0.323 e. The van der Waals surface area contributed by atoms with Gasteiger partial charge >= 0.3 is 5.97 Å². The van der Waals surface area contributed by atoms with E-state index in [0.29, 0.717) is 11.6 Å². The second kappa shape index (κ2) is 4.68. The third-order valence-electron chi connectivity index (χ3n) is 3.10. The summed E-state index contributed by atoms with van der Waals surface area (Å²) in [5.41, 5.74) is 7.33. The largest absolute Gasteiger partial charge is 0.480 e. The van der Waals surface area contributed by atoms with Gasteiger partial charge in [-0.3, -0.25) is 9.59 Å². The Morgan fingerprint density at radius 3 is 2.56 bits per heavy atom. The van der Waals surface area contributed by atoms with Crippen LogP contribution in [0.2, 0.25) is 0 Å². The number of aryl methyl sites for hydroxylation is 1. The van der Waals surface area contributed by atoms with Gasteiger partial charge in [-0.25, -0.2) is 0 Å². The van der Waals surface area contributed by atoms with Crippen molar-refractivity contribution in [3.63, 3.8) is 0 Å². The van der Waals surface area contributed by atoms with Crippen LogP contribution in [-0.4, -0.2) is 29.6 Å². The van der Waals surface area contributed by atoms with Crippen LogP contribution in [0.1, 0.15) is 28.8 Å². The number of nitrogens with zero attached hydrogens (tertiary/aromatic N) is 1. The van der Waals surface area contributed by atoms with Gasteiger partial charge in [0.05, 0.1) is 0 Å². The summed E-state index contributed by atoms with van der Waals surface area (Å²) in [6, 6.07) is 5.54. The van der Waals surface area contributed by atoms with Crippen LogP contribution < -0.4 is 10.6 Å². The molecule has 5 heteroatoms. The summed E-state index contributed by atoms with van der Waals surface area (Å²) in [6.45, 7) is 1.79. The smallest absolute Gasteiger partial charge is 0.323 e. The summed E-state index contributed by atoms with van der Waals surface area (Å²) in [7, 11) is 0. The first-order valence-corrected chi connectivity index (χ1v) is 5.88. The molecule has 0 unspecified atom stereocenters. The summed E-state index contributed by atoms with van der Waals surface area (Å²) < 4.78 is 0. The van der Waals surface area contributed by atoms with E-state index >= 15 is 0 Å². The van der Waals surface area contributed by atoms with Crippen molar-refractivity contribution in [3.8, 4) is 0 Å². The van der Waals surface area contributed by atoms with Crippen molar-refractivity contribution in [2.24, 2.45) is 5.73 Å². The Bertz CT molecular complexity index is 495. The van der Waals surface area contributed by atoms with E-state index in [1.807, 2.05) is 11.0 Å². The lowest BCUT2D eigenvalue weighted by Crippen LogP contribution is -2.31. The van der Waals surface area contributed by atoms with Gasteiger partial charge in [0.25, 0.3) is 0 Å². The van der Waals surface area contributed by atoms with Crippen LogP contribution in [0.5, 0.6) is 0 Å². The Morgan fingerprint density at radius 2 is 2.11 bits per heavy atom. The van der Waals surface area contributed by atoms with Crippen LogP contribution in [-0.2, 0) is 4.79 Å². The molecule has 2 rings (SSSR count). The summed E-state index contributed by atoms with van der Waals surface area (Å²) in [4.78, 5) is 23.9. The van der Waals surface area contributed by atoms with Crippen molar-refractivity contribution in [1.82, 2.24) is 0 Å².